The Hall–Kier alpha value is -3.06. The molecule has 0 bridgehead atoms. The van der Waals surface area contributed by atoms with Crippen molar-refractivity contribution in [3.8, 4) is 11.5 Å². The number of benzene rings is 2. The summed E-state index contributed by atoms with van der Waals surface area (Å²) in [7, 11) is 0. The smallest absolute Gasteiger partial charge is 0.276 e. The van der Waals surface area contributed by atoms with Crippen molar-refractivity contribution in [1.29, 1.82) is 0 Å². The van der Waals surface area contributed by atoms with Gasteiger partial charge in [0.25, 0.3) is 11.5 Å². The first-order valence-corrected chi connectivity index (χ1v) is 9.36. The van der Waals surface area contributed by atoms with Crippen molar-refractivity contribution in [2.24, 2.45) is 0 Å². The standard InChI is InChI=1S/C20H18ClN3O4/c1-2-24-20(26)13-7-4-3-6-12(13)18(23-24)19(25)22-15-11-17-16(10-14(15)21)27-8-5-9-28-17/h3-4,6-7,10-11H,2,5,8-9H2,1H3,(H,22,25). The van der Waals surface area contributed by atoms with Crippen LogP contribution in [-0.2, 0) is 6.54 Å². The first kappa shape index (κ1) is 18.3. The molecule has 1 aliphatic rings. The molecule has 4 rings (SSSR count). The van der Waals surface area contributed by atoms with Gasteiger partial charge in [-0.1, -0.05) is 29.8 Å². The molecule has 3 aromatic rings. The highest BCUT2D eigenvalue weighted by molar-refractivity contribution is 6.34. The van der Waals surface area contributed by atoms with E-state index in [1.165, 1.54) is 4.68 Å². The van der Waals surface area contributed by atoms with E-state index in [4.69, 9.17) is 21.1 Å². The third-order valence-corrected chi connectivity index (χ3v) is 4.78. The highest BCUT2D eigenvalue weighted by Gasteiger charge is 2.20. The Bertz CT molecular complexity index is 1130. The first-order valence-electron chi connectivity index (χ1n) is 8.99. The molecular weight excluding hydrogens is 382 g/mol. The number of aryl methyl sites for hydroxylation is 1. The molecule has 0 atom stereocenters. The number of aromatic nitrogens is 2. The molecule has 0 spiro atoms. The molecule has 1 aromatic heterocycles. The first-order chi connectivity index (χ1) is 13.6. The molecular formula is C20H18ClN3O4. The van der Waals surface area contributed by atoms with Crippen LogP contribution in [0.2, 0.25) is 5.02 Å². The van der Waals surface area contributed by atoms with E-state index in [-0.39, 0.29) is 11.3 Å². The molecule has 2 aromatic carbocycles. The zero-order valence-corrected chi connectivity index (χ0v) is 16.0. The summed E-state index contributed by atoms with van der Waals surface area (Å²) < 4.78 is 12.5. The molecule has 0 saturated carbocycles. The minimum atomic E-state index is -0.463. The molecule has 2 heterocycles. The number of carbonyl (C=O) groups is 1. The second-order valence-corrected chi connectivity index (χ2v) is 6.71. The number of ether oxygens (including phenoxy) is 2. The van der Waals surface area contributed by atoms with Gasteiger partial charge in [0.15, 0.2) is 17.2 Å². The van der Waals surface area contributed by atoms with E-state index in [1.807, 2.05) is 0 Å². The van der Waals surface area contributed by atoms with E-state index in [2.05, 4.69) is 10.4 Å². The van der Waals surface area contributed by atoms with E-state index >= 15 is 0 Å². The van der Waals surface area contributed by atoms with Crippen molar-refractivity contribution in [3.63, 3.8) is 0 Å². The third-order valence-electron chi connectivity index (χ3n) is 4.47. The van der Waals surface area contributed by atoms with Gasteiger partial charge in [0.05, 0.1) is 29.3 Å². The van der Waals surface area contributed by atoms with Crippen molar-refractivity contribution in [2.75, 3.05) is 18.5 Å². The summed E-state index contributed by atoms with van der Waals surface area (Å²) in [5, 5.41) is 8.27. The zero-order chi connectivity index (χ0) is 19.7. The summed E-state index contributed by atoms with van der Waals surface area (Å²) in [4.78, 5) is 25.4. The van der Waals surface area contributed by atoms with Crippen molar-refractivity contribution in [2.45, 2.75) is 19.9 Å². The van der Waals surface area contributed by atoms with Crippen LogP contribution in [0.15, 0.2) is 41.2 Å². The van der Waals surface area contributed by atoms with Crippen LogP contribution in [0.5, 0.6) is 11.5 Å². The summed E-state index contributed by atoms with van der Waals surface area (Å²) in [6.45, 7) is 3.22. The summed E-state index contributed by atoms with van der Waals surface area (Å²) >= 11 is 6.32. The zero-order valence-electron chi connectivity index (χ0n) is 15.2. The molecule has 1 amide bonds. The molecule has 1 N–H and O–H groups in total. The van der Waals surface area contributed by atoms with E-state index < -0.39 is 5.91 Å². The monoisotopic (exact) mass is 399 g/mol. The van der Waals surface area contributed by atoms with Crippen LogP contribution >= 0.6 is 11.6 Å². The molecule has 0 aliphatic carbocycles. The quantitative estimate of drug-likeness (QED) is 0.729. The number of nitrogens with zero attached hydrogens (tertiary/aromatic N) is 2. The number of carbonyl (C=O) groups excluding carboxylic acids is 1. The van der Waals surface area contributed by atoms with Crippen LogP contribution in [0.1, 0.15) is 23.8 Å². The number of hydrogen-bond acceptors (Lipinski definition) is 5. The van der Waals surface area contributed by atoms with Gasteiger partial charge in [-0.25, -0.2) is 4.68 Å². The Balaban J connectivity index is 1.75. The fraction of sp³-hybridized carbons (Fsp3) is 0.250. The number of halogens is 1. The fourth-order valence-electron chi connectivity index (χ4n) is 3.08. The second kappa shape index (κ2) is 7.52. The van der Waals surface area contributed by atoms with Crippen LogP contribution in [0.4, 0.5) is 5.69 Å². The largest absolute Gasteiger partial charge is 0.490 e. The molecule has 28 heavy (non-hydrogen) atoms. The van der Waals surface area contributed by atoms with Crippen LogP contribution in [0.3, 0.4) is 0 Å². The molecule has 8 heteroatoms. The van der Waals surface area contributed by atoms with Gasteiger partial charge >= 0.3 is 0 Å². The summed E-state index contributed by atoms with van der Waals surface area (Å²) in [6, 6.07) is 10.2. The van der Waals surface area contributed by atoms with Gasteiger partial charge in [-0.2, -0.15) is 5.10 Å². The molecule has 0 radical (unpaired) electrons. The predicted molar refractivity (Wildman–Crippen MR) is 107 cm³/mol. The van der Waals surface area contributed by atoms with Crippen LogP contribution in [-0.4, -0.2) is 28.9 Å². The molecule has 7 nitrogen and oxygen atoms in total. The number of hydrogen-bond donors (Lipinski definition) is 1. The number of fused-ring (bicyclic) bond motifs is 2. The van der Waals surface area contributed by atoms with Crippen LogP contribution < -0.4 is 20.3 Å². The van der Waals surface area contributed by atoms with Gasteiger partial charge in [-0.05, 0) is 13.0 Å². The van der Waals surface area contributed by atoms with Crippen molar-refractivity contribution >= 4 is 34.0 Å². The third kappa shape index (κ3) is 3.29. The SMILES string of the molecule is CCn1nc(C(=O)Nc2cc3c(cc2Cl)OCCCO3)c2ccccc2c1=O. The van der Waals surface area contributed by atoms with E-state index in [0.29, 0.717) is 52.7 Å². The number of amides is 1. The minimum Gasteiger partial charge on any atom is -0.490 e. The fourth-order valence-corrected chi connectivity index (χ4v) is 3.28. The van der Waals surface area contributed by atoms with Crippen LogP contribution in [0, 0.1) is 0 Å². The average molecular weight is 400 g/mol. The lowest BCUT2D eigenvalue weighted by Crippen LogP contribution is -2.27. The highest BCUT2D eigenvalue weighted by atomic mass is 35.5. The van der Waals surface area contributed by atoms with Gasteiger partial charge in [0.1, 0.15) is 0 Å². The van der Waals surface area contributed by atoms with Gasteiger partial charge < -0.3 is 14.8 Å². The minimum absolute atomic E-state index is 0.153. The maximum absolute atomic E-state index is 13.0. The molecule has 144 valence electrons. The molecule has 1 aliphatic heterocycles. The predicted octanol–water partition coefficient (Wildman–Crippen LogP) is 3.48. The van der Waals surface area contributed by atoms with Gasteiger partial charge in [0.2, 0.25) is 0 Å². The second-order valence-electron chi connectivity index (χ2n) is 6.30. The molecule has 0 saturated heterocycles. The lowest BCUT2D eigenvalue weighted by atomic mass is 10.1. The summed E-state index contributed by atoms with van der Waals surface area (Å²) in [6.07, 6.45) is 0.766. The van der Waals surface area contributed by atoms with E-state index in [1.54, 1.807) is 43.3 Å². The summed E-state index contributed by atoms with van der Waals surface area (Å²) in [5.41, 5.74) is 0.305. The highest BCUT2D eigenvalue weighted by Crippen LogP contribution is 2.37. The maximum Gasteiger partial charge on any atom is 0.276 e. The topological polar surface area (TPSA) is 82.5 Å². The Morgan fingerprint density at radius 3 is 2.57 bits per heavy atom. The Morgan fingerprint density at radius 1 is 1.18 bits per heavy atom. The lowest BCUT2D eigenvalue weighted by Gasteiger charge is -2.13. The number of rotatable bonds is 3. The average Bonchev–Trinajstić information content (AvgIpc) is 2.93. The number of anilines is 1. The normalized spacial score (nSPS) is 13.2. The Kier molecular flexibility index (Phi) is 4.92. The van der Waals surface area contributed by atoms with E-state index in [0.717, 1.165) is 6.42 Å². The Labute approximate surface area is 165 Å². The van der Waals surface area contributed by atoms with Gasteiger partial charge in [-0.3, -0.25) is 9.59 Å². The number of nitrogens with one attached hydrogen (secondary N) is 1. The maximum atomic E-state index is 13.0. The molecule has 0 unspecified atom stereocenters. The lowest BCUT2D eigenvalue weighted by molar-refractivity contribution is 0.102. The summed E-state index contributed by atoms with van der Waals surface area (Å²) in [5.74, 6) is 0.604. The van der Waals surface area contributed by atoms with Crippen LogP contribution in [0.25, 0.3) is 10.8 Å². The molecule has 0 fully saturated rings. The van der Waals surface area contributed by atoms with Gasteiger partial charge in [-0.15, -0.1) is 0 Å². The van der Waals surface area contributed by atoms with Crippen molar-refractivity contribution in [3.05, 3.63) is 57.5 Å². The van der Waals surface area contributed by atoms with Crippen molar-refractivity contribution in [1.82, 2.24) is 9.78 Å². The Morgan fingerprint density at radius 2 is 1.86 bits per heavy atom. The van der Waals surface area contributed by atoms with E-state index in [9.17, 15) is 9.59 Å². The van der Waals surface area contributed by atoms with Gasteiger partial charge in [0, 0.05) is 30.5 Å². The van der Waals surface area contributed by atoms with Crippen molar-refractivity contribution < 1.29 is 14.3 Å².